The molecule has 0 amide bonds. The first-order valence-corrected chi connectivity index (χ1v) is 6.12. The molecule has 1 aliphatic rings. The van der Waals surface area contributed by atoms with Gasteiger partial charge in [-0.25, -0.2) is 0 Å². The van der Waals surface area contributed by atoms with E-state index in [1.54, 1.807) is 0 Å². The molecule has 0 saturated carbocycles. The van der Waals surface area contributed by atoms with Crippen LogP contribution >= 0.6 is 0 Å². The van der Waals surface area contributed by atoms with Gasteiger partial charge >= 0.3 is 5.97 Å². The molecule has 1 rings (SSSR count). The third-order valence-electron chi connectivity index (χ3n) is 3.43. The molecular weight excluding hydrogens is 204 g/mol. The zero-order chi connectivity index (χ0) is 12.1. The summed E-state index contributed by atoms with van der Waals surface area (Å²) >= 11 is 0. The van der Waals surface area contributed by atoms with E-state index in [2.05, 4.69) is 16.8 Å². The molecule has 16 heavy (non-hydrogen) atoms. The lowest BCUT2D eigenvalue weighted by Gasteiger charge is -2.23. The number of nitrogens with zero attached hydrogens (tertiary/aromatic N) is 2. The van der Waals surface area contributed by atoms with Crippen molar-refractivity contribution in [3.8, 4) is 0 Å². The zero-order valence-electron chi connectivity index (χ0n) is 10.6. The second kappa shape index (κ2) is 6.21. The van der Waals surface area contributed by atoms with E-state index in [0.29, 0.717) is 18.9 Å². The normalized spacial score (nSPS) is 23.9. The summed E-state index contributed by atoms with van der Waals surface area (Å²) in [5, 5.41) is 8.99. The number of carbonyl (C=O) groups is 1. The lowest BCUT2D eigenvalue weighted by Crippen LogP contribution is -2.34. The van der Waals surface area contributed by atoms with Crippen molar-refractivity contribution in [1.82, 2.24) is 9.80 Å². The van der Waals surface area contributed by atoms with Crippen LogP contribution in [0.5, 0.6) is 0 Å². The van der Waals surface area contributed by atoms with Crippen molar-refractivity contribution in [2.45, 2.75) is 19.8 Å². The van der Waals surface area contributed by atoms with Crippen molar-refractivity contribution < 1.29 is 9.90 Å². The quantitative estimate of drug-likeness (QED) is 0.736. The zero-order valence-corrected chi connectivity index (χ0v) is 10.6. The van der Waals surface area contributed by atoms with E-state index in [-0.39, 0.29) is 5.92 Å². The van der Waals surface area contributed by atoms with Crippen molar-refractivity contribution in [3.05, 3.63) is 0 Å². The molecule has 0 aromatic carbocycles. The third kappa shape index (κ3) is 4.10. The molecule has 94 valence electrons. The van der Waals surface area contributed by atoms with Gasteiger partial charge < -0.3 is 14.9 Å². The van der Waals surface area contributed by atoms with E-state index in [4.69, 9.17) is 5.11 Å². The summed E-state index contributed by atoms with van der Waals surface area (Å²) < 4.78 is 0. The van der Waals surface area contributed by atoms with Gasteiger partial charge in [-0.15, -0.1) is 0 Å². The maximum Gasteiger partial charge on any atom is 0.307 e. The van der Waals surface area contributed by atoms with Gasteiger partial charge in [-0.05, 0) is 39.4 Å². The Morgan fingerprint density at radius 1 is 1.62 bits per heavy atom. The third-order valence-corrected chi connectivity index (χ3v) is 3.43. The highest BCUT2D eigenvalue weighted by molar-refractivity contribution is 5.70. The van der Waals surface area contributed by atoms with E-state index in [1.165, 1.54) is 13.0 Å². The maximum absolute atomic E-state index is 10.9. The summed E-state index contributed by atoms with van der Waals surface area (Å²) in [6.45, 7) is 5.96. The van der Waals surface area contributed by atoms with Crippen LogP contribution in [0.1, 0.15) is 19.8 Å². The second-order valence-electron chi connectivity index (χ2n) is 5.08. The molecule has 2 atom stereocenters. The summed E-state index contributed by atoms with van der Waals surface area (Å²) in [6, 6.07) is 0. The van der Waals surface area contributed by atoms with Gasteiger partial charge in [-0.1, -0.05) is 6.92 Å². The summed E-state index contributed by atoms with van der Waals surface area (Å²) in [7, 11) is 4.18. The highest BCUT2D eigenvalue weighted by Crippen LogP contribution is 2.16. The minimum atomic E-state index is -0.669. The minimum absolute atomic E-state index is 0.218. The first-order chi connectivity index (χ1) is 7.52. The molecule has 1 aliphatic heterocycles. The maximum atomic E-state index is 10.9. The fraction of sp³-hybridized carbons (Fsp3) is 0.917. The van der Waals surface area contributed by atoms with Gasteiger partial charge in [0.05, 0.1) is 5.92 Å². The van der Waals surface area contributed by atoms with Crippen LogP contribution in [-0.2, 0) is 4.79 Å². The second-order valence-corrected chi connectivity index (χ2v) is 5.08. The van der Waals surface area contributed by atoms with Crippen molar-refractivity contribution in [1.29, 1.82) is 0 Å². The summed E-state index contributed by atoms with van der Waals surface area (Å²) in [6.07, 6.45) is 1.95. The molecule has 0 aromatic heterocycles. The lowest BCUT2D eigenvalue weighted by molar-refractivity contribution is -0.142. The molecule has 1 saturated heterocycles. The Morgan fingerprint density at radius 3 is 2.75 bits per heavy atom. The minimum Gasteiger partial charge on any atom is -0.481 e. The number of aliphatic carboxylic acids is 1. The topological polar surface area (TPSA) is 43.8 Å². The molecule has 2 unspecified atom stereocenters. The predicted molar refractivity (Wildman–Crippen MR) is 64.5 cm³/mol. The molecule has 0 bridgehead atoms. The van der Waals surface area contributed by atoms with Gasteiger partial charge in [0.1, 0.15) is 0 Å². The van der Waals surface area contributed by atoms with Gasteiger partial charge in [0.2, 0.25) is 0 Å². The molecule has 1 N–H and O–H groups in total. The van der Waals surface area contributed by atoms with Crippen LogP contribution in [0.4, 0.5) is 0 Å². The smallest absolute Gasteiger partial charge is 0.307 e. The van der Waals surface area contributed by atoms with Crippen LogP contribution in [0.2, 0.25) is 0 Å². The molecule has 4 nitrogen and oxygen atoms in total. The van der Waals surface area contributed by atoms with Crippen molar-refractivity contribution >= 4 is 5.97 Å². The highest BCUT2D eigenvalue weighted by atomic mass is 16.4. The van der Waals surface area contributed by atoms with Gasteiger partial charge in [-0.2, -0.15) is 0 Å². The highest BCUT2D eigenvalue weighted by Gasteiger charge is 2.23. The van der Waals surface area contributed by atoms with Crippen LogP contribution in [0.15, 0.2) is 0 Å². The number of hydrogen-bond acceptors (Lipinski definition) is 3. The largest absolute Gasteiger partial charge is 0.481 e. The number of carboxylic acids is 1. The first-order valence-electron chi connectivity index (χ1n) is 6.12. The SMILES string of the molecule is CCC(CN(C)CC1CCN(C)C1)C(=O)O. The van der Waals surface area contributed by atoms with Gasteiger partial charge in [0.15, 0.2) is 0 Å². The van der Waals surface area contributed by atoms with Crippen molar-refractivity contribution in [2.24, 2.45) is 11.8 Å². The molecule has 0 aromatic rings. The number of likely N-dealkylation sites (tertiary alicyclic amines) is 1. The number of carboxylic acid groups (broad SMARTS) is 1. The monoisotopic (exact) mass is 228 g/mol. The molecule has 4 heteroatoms. The number of hydrogen-bond donors (Lipinski definition) is 1. The molecule has 1 heterocycles. The van der Waals surface area contributed by atoms with Gasteiger partial charge in [0, 0.05) is 19.6 Å². The molecule has 0 aliphatic carbocycles. The van der Waals surface area contributed by atoms with E-state index < -0.39 is 5.97 Å². The molecule has 0 radical (unpaired) electrons. The Morgan fingerprint density at radius 2 is 2.31 bits per heavy atom. The lowest BCUT2D eigenvalue weighted by atomic mass is 10.0. The standard InChI is InChI=1S/C12H24N2O2/c1-4-11(12(15)16)9-14(3)8-10-5-6-13(2)7-10/h10-11H,4-9H2,1-3H3,(H,15,16). The van der Waals surface area contributed by atoms with E-state index in [0.717, 1.165) is 13.1 Å². The van der Waals surface area contributed by atoms with E-state index in [9.17, 15) is 4.79 Å². The average Bonchev–Trinajstić information content (AvgIpc) is 2.60. The predicted octanol–water partition coefficient (Wildman–Crippen LogP) is 0.981. The van der Waals surface area contributed by atoms with Crippen LogP contribution in [0, 0.1) is 11.8 Å². The van der Waals surface area contributed by atoms with Gasteiger partial charge in [0.25, 0.3) is 0 Å². The summed E-state index contributed by atoms with van der Waals surface area (Å²) in [4.78, 5) is 15.4. The molecular formula is C12H24N2O2. The van der Waals surface area contributed by atoms with Crippen molar-refractivity contribution in [3.63, 3.8) is 0 Å². The van der Waals surface area contributed by atoms with E-state index >= 15 is 0 Å². The summed E-state index contributed by atoms with van der Waals surface area (Å²) in [5.41, 5.74) is 0. The Kier molecular flexibility index (Phi) is 5.22. The Balaban J connectivity index is 2.29. The Hall–Kier alpha value is -0.610. The van der Waals surface area contributed by atoms with Crippen LogP contribution in [-0.4, -0.2) is 61.2 Å². The van der Waals surface area contributed by atoms with Crippen LogP contribution in [0.3, 0.4) is 0 Å². The van der Waals surface area contributed by atoms with E-state index in [1.807, 2.05) is 14.0 Å². The molecule has 0 spiro atoms. The van der Waals surface area contributed by atoms with Gasteiger partial charge in [-0.3, -0.25) is 4.79 Å². The van der Waals surface area contributed by atoms with Crippen LogP contribution < -0.4 is 0 Å². The number of rotatable bonds is 6. The fourth-order valence-electron chi connectivity index (χ4n) is 2.45. The van der Waals surface area contributed by atoms with Crippen LogP contribution in [0.25, 0.3) is 0 Å². The first kappa shape index (κ1) is 13.5. The average molecular weight is 228 g/mol. The Bertz CT molecular complexity index is 233. The Labute approximate surface area is 98.2 Å². The summed E-state index contributed by atoms with van der Waals surface area (Å²) in [5.74, 6) is -0.177. The van der Waals surface area contributed by atoms with Crippen molar-refractivity contribution in [2.75, 3.05) is 40.3 Å². The molecule has 1 fully saturated rings. The fourth-order valence-corrected chi connectivity index (χ4v) is 2.45.